The van der Waals surface area contributed by atoms with Crippen LogP contribution < -0.4 is 10.6 Å². The second-order valence-corrected chi connectivity index (χ2v) is 8.69. The minimum absolute atomic E-state index is 0.878. The van der Waals surface area contributed by atoms with Gasteiger partial charge in [-0.25, -0.2) is 0 Å². The molecular formula is C14H26N2S2. The largest absolute Gasteiger partial charge is 0.316 e. The van der Waals surface area contributed by atoms with Crippen LogP contribution >= 0.6 is 23.5 Å². The molecule has 3 aliphatic heterocycles. The molecule has 4 heteroatoms. The van der Waals surface area contributed by atoms with Gasteiger partial charge in [-0.3, -0.25) is 0 Å². The fourth-order valence-corrected chi connectivity index (χ4v) is 6.88. The van der Waals surface area contributed by atoms with Crippen LogP contribution in [0.4, 0.5) is 0 Å². The molecule has 0 spiro atoms. The van der Waals surface area contributed by atoms with Crippen molar-refractivity contribution in [1.29, 1.82) is 0 Å². The molecule has 0 radical (unpaired) electrons. The number of hydrogen-bond acceptors (Lipinski definition) is 4. The van der Waals surface area contributed by atoms with E-state index in [2.05, 4.69) is 34.2 Å². The van der Waals surface area contributed by atoms with Crippen molar-refractivity contribution in [3.63, 3.8) is 0 Å². The molecule has 3 fully saturated rings. The van der Waals surface area contributed by atoms with Gasteiger partial charge in [0.25, 0.3) is 0 Å². The maximum atomic E-state index is 3.60. The van der Waals surface area contributed by atoms with E-state index in [0.29, 0.717) is 0 Å². The Morgan fingerprint density at radius 3 is 2.44 bits per heavy atom. The maximum Gasteiger partial charge on any atom is 0.0291 e. The summed E-state index contributed by atoms with van der Waals surface area (Å²) >= 11 is 4.56. The van der Waals surface area contributed by atoms with Gasteiger partial charge in [0, 0.05) is 34.6 Å². The first-order valence-corrected chi connectivity index (χ1v) is 9.61. The summed E-state index contributed by atoms with van der Waals surface area (Å²) in [5.74, 6) is 2.27. The van der Waals surface area contributed by atoms with Gasteiger partial charge in [-0.1, -0.05) is 6.42 Å². The normalized spacial score (nSPS) is 42.7. The average Bonchev–Trinajstić information content (AvgIpc) is 2.49. The third-order valence-corrected chi connectivity index (χ3v) is 7.98. The molecule has 104 valence electrons. The van der Waals surface area contributed by atoms with E-state index in [4.69, 9.17) is 0 Å². The highest BCUT2D eigenvalue weighted by atomic mass is 32.2. The Bertz CT molecular complexity index is 226. The van der Waals surface area contributed by atoms with Gasteiger partial charge in [-0.05, 0) is 44.7 Å². The van der Waals surface area contributed by atoms with Gasteiger partial charge in [-0.15, -0.1) is 0 Å². The molecule has 0 amide bonds. The van der Waals surface area contributed by atoms with E-state index in [-0.39, 0.29) is 0 Å². The van der Waals surface area contributed by atoms with Crippen LogP contribution in [0.3, 0.4) is 0 Å². The Balaban J connectivity index is 1.53. The number of nitrogens with one attached hydrogen (secondary N) is 2. The van der Waals surface area contributed by atoms with Crippen LogP contribution in [0.2, 0.25) is 0 Å². The van der Waals surface area contributed by atoms with E-state index in [1.807, 2.05) is 0 Å². The topological polar surface area (TPSA) is 24.1 Å². The number of piperidine rings is 1. The summed E-state index contributed by atoms with van der Waals surface area (Å²) in [6.45, 7) is 4.99. The van der Waals surface area contributed by atoms with E-state index in [1.165, 1.54) is 64.0 Å². The minimum Gasteiger partial charge on any atom is -0.316 e. The number of rotatable bonds is 2. The third kappa shape index (κ3) is 3.38. The molecule has 0 bridgehead atoms. The molecule has 0 aromatic carbocycles. The van der Waals surface area contributed by atoms with E-state index in [0.717, 1.165) is 21.7 Å². The Labute approximate surface area is 120 Å². The zero-order chi connectivity index (χ0) is 12.2. The zero-order valence-corrected chi connectivity index (χ0v) is 12.8. The fourth-order valence-electron chi connectivity index (χ4n) is 3.52. The second kappa shape index (κ2) is 6.87. The lowest BCUT2D eigenvalue weighted by Crippen LogP contribution is -2.43. The lowest BCUT2D eigenvalue weighted by molar-refractivity contribution is 0.348. The Hall–Kier alpha value is 0.620. The van der Waals surface area contributed by atoms with Gasteiger partial charge in [0.05, 0.1) is 0 Å². The Morgan fingerprint density at radius 1 is 0.778 bits per heavy atom. The molecule has 2 N–H and O–H groups in total. The van der Waals surface area contributed by atoms with Gasteiger partial charge < -0.3 is 10.6 Å². The molecule has 18 heavy (non-hydrogen) atoms. The molecular weight excluding hydrogens is 260 g/mol. The molecule has 3 rings (SSSR count). The average molecular weight is 287 g/mol. The van der Waals surface area contributed by atoms with Crippen molar-refractivity contribution in [3.05, 3.63) is 0 Å². The quantitative estimate of drug-likeness (QED) is 0.814. The summed E-state index contributed by atoms with van der Waals surface area (Å²) in [6.07, 6.45) is 7.26. The lowest BCUT2D eigenvalue weighted by atomic mass is 9.92. The second-order valence-electron chi connectivity index (χ2n) is 5.86. The van der Waals surface area contributed by atoms with Crippen LogP contribution in [0.1, 0.15) is 32.1 Å². The van der Waals surface area contributed by atoms with E-state index in [9.17, 15) is 0 Å². The third-order valence-electron chi connectivity index (χ3n) is 4.56. The minimum atomic E-state index is 0.878. The first kappa shape index (κ1) is 13.6. The lowest BCUT2D eigenvalue weighted by Gasteiger charge is -2.40. The molecule has 3 saturated heterocycles. The van der Waals surface area contributed by atoms with Gasteiger partial charge in [0.2, 0.25) is 0 Å². The van der Waals surface area contributed by atoms with Crippen LogP contribution in [0.5, 0.6) is 0 Å². The van der Waals surface area contributed by atoms with E-state index < -0.39 is 0 Å². The highest BCUT2D eigenvalue weighted by molar-refractivity contribution is 8.04. The van der Waals surface area contributed by atoms with Crippen LogP contribution in [0.25, 0.3) is 0 Å². The van der Waals surface area contributed by atoms with Crippen molar-refractivity contribution in [2.45, 2.75) is 47.9 Å². The van der Waals surface area contributed by atoms with Crippen molar-refractivity contribution in [2.24, 2.45) is 5.92 Å². The molecule has 3 aliphatic rings. The van der Waals surface area contributed by atoms with Crippen molar-refractivity contribution in [2.75, 3.05) is 31.9 Å². The van der Waals surface area contributed by atoms with Crippen LogP contribution in [0.15, 0.2) is 0 Å². The highest BCUT2D eigenvalue weighted by Crippen LogP contribution is 2.42. The number of hydrogen-bond donors (Lipinski definition) is 2. The molecule has 0 aromatic heterocycles. The maximum absolute atomic E-state index is 3.60. The first-order chi connectivity index (χ1) is 8.93. The van der Waals surface area contributed by atoms with Crippen LogP contribution in [0, 0.1) is 5.92 Å². The van der Waals surface area contributed by atoms with Gasteiger partial charge >= 0.3 is 0 Å². The Kier molecular flexibility index (Phi) is 5.19. The van der Waals surface area contributed by atoms with Gasteiger partial charge in [-0.2, -0.15) is 23.5 Å². The van der Waals surface area contributed by atoms with Crippen molar-refractivity contribution in [3.8, 4) is 0 Å². The van der Waals surface area contributed by atoms with Gasteiger partial charge in [0.15, 0.2) is 0 Å². The number of thioether (sulfide) groups is 2. The zero-order valence-electron chi connectivity index (χ0n) is 11.2. The molecule has 2 nitrogen and oxygen atoms in total. The monoisotopic (exact) mass is 286 g/mol. The standard InChI is InChI=1S/C14H26N2S2/c1-4-12(11-3-2-6-15-9-11)18-13(5-1)14-10-16-7-8-17-14/h11-16H,1-10H2. The summed E-state index contributed by atoms with van der Waals surface area (Å²) in [5.41, 5.74) is 0. The summed E-state index contributed by atoms with van der Waals surface area (Å²) in [4.78, 5) is 0. The smallest absolute Gasteiger partial charge is 0.0291 e. The van der Waals surface area contributed by atoms with E-state index in [1.54, 1.807) is 0 Å². The summed E-state index contributed by atoms with van der Waals surface area (Å²) < 4.78 is 0. The first-order valence-electron chi connectivity index (χ1n) is 7.62. The molecule has 0 saturated carbocycles. The van der Waals surface area contributed by atoms with Crippen LogP contribution in [-0.4, -0.2) is 47.7 Å². The highest BCUT2D eigenvalue weighted by Gasteiger charge is 2.34. The molecule has 3 heterocycles. The van der Waals surface area contributed by atoms with Gasteiger partial charge in [0.1, 0.15) is 0 Å². The molecule has 0 aliphatic carbocycles. The summed E-state index contributed by atoms with van der Waals surface area (Å²) in [6, 6.07) is 0. The molecule has 4 unspecified atom stereocenters. The van der Waals surface area contributed by atoms with Crippen molar-refractivity contribution >= 4 is 23.5 Å². The molecule has 4 atom stereocenters. The summed E-state index contributed by atoms with van der Waals surface area (Å²) in [5, 5.41) is 9.92. The van der Waals surface area contributed by atoms with Crippen molar-refractivity contribution < 1.29 is 0 Å². The van der Waals surface area contributed by atoms with Crippen LogP contribution in [-0.2, 0) is 0 Å². The fraction of sp³-hybridized carbons (Fsp3) is 1.00. The SMILES string of the molecule is C1CNCC(C2CCCC(C3CNCCS3)S2)C1. The predicted octanol–water partition coefficient (Wildman–Crippen LogP) is 2.35. The predicted molar refractivity (Wildman–Crippen MR) is 83.7 cm³/mol. The molecule has 0 aromatic rings. The summed E-state index contributed by atoms with van der Waals surface area (Å²) in [7, 11) is 0. The van der Waals surface area contributed by atoms with E-state index >= 15 is 0 Å². The van der Waals surface area contributed by atoms with Crippen molar-refractivity contribution in [1.82, 2.24) is 10.6 Å². The Morgan fingerprint density at radius 2 is 1.67 bits per heavy atom.